The molecule has 0 radical (unpaired) electrons. The maximum Gasteiger partial charge on any atom is 0.251 e. The van der Waals surface area contributed by atoms with Crippen molar-refractivity contribution in [2.75, 3.05) is 14.1 Å². The number of amides is 1. The number of ether oxygens (including phenoxy) is 1. The SMILES string of the molecule is CCC(=O)C1CCC(C(=O)N(C)C)O1. The van der Waals surface area contributed by atoms with Gasteiger partial charge in [0.1, 0.15) is 12.2 Å². The molecule has 0 spiro atoms. The van der Waals surface area contributed by atoms with E-state index >= 15 is 0 Å². The molecule has 0 N–H and O–H groups in total. The molecule has 1 amide bonds. The maximum atomic E-state index is 11.5. The number of rotatable bonds is 3. The van der Waals surface area contributed by atoms with Crippen molar-refractivity contribution in [2.45, 2.75) is 38.4 Å². The summed E-state index contributed by atoms with van der Waals surface area (Å²) < 4.78 is 5.40. The van der Waals surface area contributed by atoms with Gasteiger partial charge in [-0.05, 0) is 12.8 Å². The normalized spacial score (nSPS) is 26.2. The number of Topliss-reactive ketones (excluding diaryl/α,β-unsaturated/α-hetero) is 1. The number of hydrogen-bond acceptors (Lipinski definition) is 3. The molecule has 1 aliphatic rings. The van der Waals surface area contributed by atoms with Crippen LogP contribution in [0.1, 0.15) is 26.2 Å². The Balaban J connectivity index is 2.49. The highest BCUT2D eigenvalue weighted by molar-refractivity contribution is 5.85. The topological polar surface area (TPSA) is 46.6 Å². The number of carbonyl (C=O) groups excluding carboxylic acids is 2. The number of carbonyl (C=O) groups is 2. The van der Waals surface area contributed by atoms with E-state index in [0.717, 1.165) is 0 Å². The molecule has 0 aromatic carbocycles. The molecule has 2 atom stereocenters. The van der Waals surface area contributed by atoms with E-state index < -0.39 is 6.10 Å². The van der Waals surface area contributed by atoms with E-state index in [-0.39, 0.29) is 17.8 Å². The lowest BCUT2D eigenvalue weighted by Gasteiger charge is -2.16. The minimum atomic E-state index is -0.412. The largest absolute Gasteiger partial charge is 0.357 e. The standard InChI is InChI=1S/C10H17NO3/c1-4-7(12)8-5-6-9(14-8)10(13)11(2)3/h8-9H,4-6H2,1-3H3. The maximum absolute atomic E-state index is 11.5. The van der Waals surface area contributed by atoms with Crippen LogP contribution in [0.4, 0.5) is 0 Å². The first-order chi connectivity index (χ1) is 6.56. The lowest BCUT2D eigenvalue weighted by molar-refractivity contribution is -0.143. The second kappa shape index (κ2) is 4.55. The average Bonchev–Trinajstić information content (AvgIpc) is 2.64. The highest BCUT2D eigenvalue weighted by Gasteiger charge is 2.34. The first-order valence-electron chi connectivity index (χ1n) is 4.95. The summed E-state index contributed by atoms with van der Waals surface area (Å²) in [6.07, 6.45) is 1.05. The van der Waals surface area contributed by atoms with Gasteiger partial charge in [0.25, 0.3) is 5.91 Å². The first kappa shape index (κ1) is 11.2. The quantitative estimate of drug-likeness (QED) is 0.668. The molecule has 0 aliphatic carbocycles. The van der Waals surface area contributed by atoms with Crippen LogP contribution in [0.5, 0.6) is 0 Å². The minimum absolute atomic E-state index is 0.0450. The summed E-state index contributed by atoms with van der Waals surface area (Å²) in [5.74, 6) is 0.0514. The lowest BCUT2D eigenvalue weighted by atomic mass is 10.1. The predicted octanol–water partition coefficient (Wildman–Crippen LogP) is 0.601. The molecule has 1 saturated heterocycles. The fourth-order valence-electron chi connectivity index (χ4n) is 1.57. The molecule has 2 unspecified atom stereocenters. The number of likely N-dealkylation sites (N-methyl/N-ethyl adjacent to an activating group) is 1. The molecule has 0 aromatic heterocycles. The van der Waals surface area contributed by atoms with Gasteiger partial charge in [-0.2, -0.15) is 0 Å². The van der Waals surface area contributed by atoms with Gasteiger partial charge in [-0.3, -0.25) is 9.59 Å². The average molecular weight is 199 g/mol. The van der Waals surface area contributed by atoms with Gasteiger partial charge in [0.15, 0.2) is 5.78 Å². The summed E-state index contributed by atoms with van der Waals surface area (Å²) in [7, 11) is 3.39. The van der Waals surface area contributed by atoms with Gasteiger partial charge in [-0.25, -0.2) is 0 Å². The Morgan fingerprint density at radius 3 is 2.36 bits per heavy atom. The zero-order chi connectivity index (χ0) is 10.7. The molecule has 0 saturated carbocycles. The van der Waals surface area contributed by atoms with E-state index in [0.29, 0.717) is 19.3 Å². The second-order valence-electron chi connectivity index (χ2n) is 3.74. The van der Waals surface area contributed by atoms with Gasteiger partial charge in [0, 0.05) is 20.5 Å². The predicted molar refractivity (Wildman–Crippen MR) is 51.9 cm³/mol. The van der Waals surface area contributed by atoms with Crippen molar-refractivity contribution in [3.05, 3.63) is 0 Å². The summed E-state index contributed by atoms with van der Waals surface area (Å²) in [5, 5.41) is 0. The van der Waals surface area contributed by atoms with E-state index in [1.165, 1.54) is 4.90 Å². The van der Waals surface area contributed by atoms with E-state index in [1.54, 1.807) is 14.1 Å². The summed E-state index contributed by atoms with van der Waals surface area (Å²) in [4.78, 5) is 24.3. The van der Waals surface area contributed by atoms with Gasteiger partial charge in [-0.15, -0.1) is 0 Å². The number of ketones is 1. The van der Waals surface area contributed by atoms with Crippen LogP contribution in [0, 0.1) is 0 Å². The van der Waals surface area contributed by atoms with Crippen molar-refractivity contribution in [1.29, 1.82) is 0 Å². The Hall–Kier alpha value is -0.900. The Kier molecular flexibility index (Phi) is 3.63. The fourth-order valence-corrected chi connectivity index (χ4v) is 1.57. The molecule has 1 aliphatic heterocycles. The van der Waals surface area contributed by atoms with Crippen LogP contribution in [-0.4, -0.2) is 42.9 Å². The van der Waals surface area contributed by atoms with Crippen LogP contribution in [0.15, 0.2) is 0 Å². The monoisotopic (exact) mass is 199 g/mol. The van der Waals surface area contributed by atoms with E-state index in [1.807, 2.05) is 6.92 Å². The van der Waals surface area contributed by atoms with Crippen molar-refractivity contribution in [3.63, 3.8) is 0 Å². The molecule has 0 aromatic rings. The zero-order valence-corrected chi connectivity index (χ0v) is 8.95. The van der Waals surface area contributed by atoms with Crippen molar-refractivity contribution in [1.82, 2.24) is 4.90 Å². The zero-order valence-electron chi connectivity index (χ0n) is 8.95. The lowest BCUT2D eigenvalue weighted by Crippen LogP contribution is -2.34. The van der Waals surface area contributed by atoms with Crippen LogP contribution in [0.2, 0.25) is 0 Å². The van der Waals surface area contributed by atoms with Crippen LogP contribution in [-0.2, 0) is 14.3 Å². The van der Waals surface area contributed by atoms with Crippen LogP contribution in [0.25, 0.3) is 0 Å². The Bertz CT molecular complexity index is 238. The van der Waals surface area contributed by atoms with Gasteiger partial charge in [0.05, 0.1) is 0 Å². The second-order valence-corrected chi connectivity index (χ2v) is 3.74. The van der Waals surface area contributed by atoms with Crippen molar-refractivity contribution in [3.8, 4) is 0 Å². The van der Waals surface area contributed by atoms with Gasteiger partial charge >= 0.3 is 0 Å². The minimum Gasteiger partial charge on any atom is -0.357 e. The summed E-state index contributed by atoms with van der Waals surface area (Å²) >= 11 is 0. The van der Waals surface area contributed by atoms with Gasteiger partial charge < -0.3 is 9.64 Å². The first-order valence-corrected chi connectivity index (χ1v) is 4.95. The van der Waals surface area contributed by atoms with E-state index in [2.05, 4.69) is 0 Å². The molecular formula is C10H17NO3. The van der Waals surface area contributed by atoms with Gasteiger partial charge in [0.2, 0.25) is 0 Å². The van der Waals surface area contributed by atoms with E-state index in [9.17, 15) is 9.59 Å². The molecule has 14 heavy (non-hydrogen) atoms. The Morgan fingerprint density at radius 2 is 1.86 bits per heavy atom. The number of hydrogen-bond donors (Lipinski definition) is 0. The van der Waals surface area contributed by atoms with E-state index in [4.69, 9.17) is 4.74 Å². The van der Waals surface area contributed by atoms with Crippen LogP contribution < -0.4 is 0 Å². The third kappa shape index (κ3) is 2.32. The molecule has 0 bridgehead atoms. The smallest absolute Gasteiger partial charge is 0.251 e. The Morgan fingerprint density at radius 1 is 1.29 bits per heavy atom. The van der Waals surface area contributed by atoms with Crippen molar-refractivity contribution in [2.24, 2.45) is 0 Å². The highest BCUT2D eigenvalue weighted by atomic mass is 16.5. The molecular weight excluding hydrogens is 182 g/mol. The third-order valence-corrected chi connectivity index (χ3v) is 2.44. The van der Waals surface area contributed by atoms with Crippen LogP contribution >= 0.6 is 0 Å². The molecule has 4 nitrogen and oxygen atoms in total. The molecule has 1 rings (SSSR count). The summed E-state index contributed by atoms with van der Waals surface area (Å²) in [6, 6.07) is 0. The third-order valence-electron chi connectivity index (χ3n) is 2.44. The van der Waals surface area contributed by atoms with Crippen molar-refractivity contribution < 1.29 is 14.3 Å². The summed E-state index contributed by atoms with van der Waals surface area (Å²) in [5.41, 5.74) is 0. The fraction of sp³-hybridized carbons (Fsp3) is 0.800. The van der Waals surface area contributed by atoms with Gasteiger partial charge in [-0.1, -0.05) is 6.92 Å². The molecule has 80 valence electrons. The highest BCUT2D eigenvalue weighted by Crippen LogP contribution is 2.22. The molecule has 4 heteroatoms. The number of nitrogens with zero attached hydrogens (tertiary/aromatic N) is 1. The Labute approximate surface area is 84.2 Å². The molecule has 1 fully saturated rings. The summed E-state index contributed by atoms with van der Waals surface area (Å²) in [6.45, 7) is 1.81. The molecule has 1 heterocycles. The van der Waals surface area contributed by atoms with Crippen molar-refractivity contribution >= 4 is 11.7 Å². The van der Waals surface area contributed by atoms with Crippen LogP contribution in [0.3, 0.4) is 0 Å².